The molecule has 0 spiro atoms. The Morgan fingerprint density at radius 3 is 2.39 bits per heavy atom. The van der Waals surface area contributed by atoms with Gasteiger partial charge in [-0.1, -0.05) is 30.3 Å². The van der Waals surface area contributed by atoms with E-state index in [2.05, 4.69) is 0 Å². The Labute approximate surface area is 178 Å². The van der Waals surface area contributed by atoms with Gasteiger partial charge in [-0.05, 0) is 41.5 Å². The van der Waals surface area contributed by atoms with Gasteiger partial charge in [-0.15, -0.1) is 0 Å². The molecule has 0 saturated carbocycles. The predicted molar refractivity (Wildman–Crippen MR) is 117 cm³/mol. The number of methoxy groups -OCH3 is 2. The first-order valence-corrected chi connectivity index (χ1v) is 9.60. The summed E-state index contributed by atoms with van der Waals surface area (Å²) in [4.78, 5) is 24.6. The maximum atomic E-state index is 12.5. The van der Waals surface area contributed by atoms with Crippen LogP contribution in [0.4, 0.5) is 0 Å². The molecule has 1 heterocycles. The van der Waals surface area contributed by atoms with E-state index in [0.29, 0.717) is 28.4 Å². The molecule has 0 aliphatic heterocycles. The van der Waals surface area contributed by atoms with Gasteiger partial charge in [0.15, 0.2) is 23.9 Å². The lowest BCUT2D eigenvalue weighted by Gasteiger charge is -2.10. The number of hydrogen-bond donors (Lipinski definition) is 0. The van der Waals surface area contributed by atoms with E-state index in [0.717, 1.165) is 16.5 Å². The van der Waals surface area contributed by atoms with Gasteiger partial charge in [-0.2, -0.15) is 0 Å². The molecule has 4 rings (SSSR count). The van der Waals surface area contributed by atoms with Gasteiger partial charge in [0, 0.05) is 23.1 Å². The van der Waals surface area contributed by atoms with E-state index in [-0.39, 0.29) is 12.4 Å². The van der Waals surface area contributed by atoms with E-state index < -0.39 is 5.63 Å². The molecule has 0 fully saturated rings. The van der Waals surface area contributed by atoms with E-state index >= 15 is 0 Å². The molecule has 0 saturated heterocycles. The number of ether oxygens (including phenoxy) is 3. The number of Topliss-reactive ketones (excluding diaryl/α,β-unsaturated/α-hetero) is 1. The molecule has 6 nitrogen and oxygen atoms in total. The van der Waals surface area contributed by atoms with Crippen LogP contribution in [-0.4, -0.2) is 26.6 Å². The van der Waals surface area contributed by atoms with Crippen LogP contribution < -0.4 is 19.8 Å². The number of rotatable bonds is 7. The number of carbonyl (C=O) groups is 1. The van der Waals surface area contributed by atoms with Crippen LogP contribution in [0, 0.1) is 0 Å². The molecule has 0 unspecified atom stereocenters. The van der Waals surface area contributed by atoms with Crippen LogP contribution in [-0.2, 0) is 0 Å². The van der Waals surface area contributed by atoms with Gasteiger partial charge in [-0.25, -0.2) is 4.79 Å². The fraction of sp³-hybridized carbons (Fsp3) is 0.120. The van der Waals surface area contributed by atoms with Crippen molar-refractivity contribution >= 4 is 16.8 Å². The first-order valence-electron chi connectivity index (χ1n) is 9.60. The van der Waals surface area contributed by atoms with Crippen LogP contribution in [0.2, 0.25) is 0 Å². The van der Waals surface area contributed by atoms with Crippen LogP contribution >= 0.6 is 0 Å². The lowest BCUT2D eigenvalue weighted by Crippen LogP contribution is -2.12. The Bertz CT molecular complexity index is 1290. The van der Waals surface area contributed by atoms with Gasteiger partial charge < -0.3 is 18.6 Å². The SMILES string of the molecule is COc1ccc(C(=O)COc2ccc3c(-c4ccccc4)cc(=O)oc3c2)cc1OC. The molecule has 0 aliphatic rings. The lowest BCUT2D eigenvalue weighted by molar-refractivity contribution is 0.0921. The van der Waals surface area contributed by atoms with E-state index in [1.54, 1.807) is 30.3 Å². The van der Waals surface area contributed by atoms with Crippen molar-refractivity contribution in [3.8, 4) is 28.4 Å². The monoisotopic (exact) mass is 416 g/mol. The molecule has 3 aromatic carbocycles. The van der Waals surface area contributed by atoms with E-state index in [1.807, 2.05) is 36.4 Å². The van der Waals surface area contributed by atoms with Crippen LogP contribution in [0.3, 0.4) is 0 Å². The Balaban J connectivity index is 1.57. The van der Waals surface area contributed by atoms with E-state index in [9.17, 15) is 9.59 Å². The molecular weight excluding hydrogens is 396 g/mol. The summed E-state index contributed by atoms with van der Waals surface area (Å²) in [6, 6.07) is 21.2. The van der Waals surface area contributed by atoms with Crippen LogP contribution in [0.5, 0.6) is 17.2 Å². The summed E-state index contributed by atoms with van der Waals surface area (Å²) in [5.74, 6) is 1.21. The highest BCUT2D eigenvalue weighted by atomic mass is 16.5. The first-order chi connectivity index (χ1) is 15.1. The Kier molecular flexibility index (Phi) is 5.71. The predicted octanol–water partition coefficient (Wildman–Crippen LogP) is 4.74. The zero-order valence-electron chi connectivity index (χ0n) is 17.1. The molecule has 0 amide bonds. The van der Waals surface area contributed by atoms with Crippen molar-refractivity contribution < 1.29 is 23.4 Å². The molecular formula is C25H20O6. The maximum absolute atomic E-state index is 12.5. The first kappa shape index (κ1) is 20.2. The van der Waals surface area contributed by atoms with Crippen molar-refractivity contribution in [2.45, 2.75) is 0 Å². The quantitative estimate of drug-likeness (QED) is 0.320. The van der Waals surface area contributed by atoms with Crippen LogP contribution in [0.1, 0.15) is 10.4 Å². The van der Waals surface area contributed by atoms with E-state index in [1.165, 1.54) is 20.3 Å². The summed E-state index contributed by atoms with van der Waals surface area (Å²) in [6.07, 6.45) is 0. The fourth-order valence-electron chi connectivity index (χ4n) is 3.33. The molecule has 4 aromatic rings. The molecule has 1 aromatic heterocycles. The van der Waals surface area contributed by atoms with Crippen molar-refractivity contribution in [2.24, 2.45) is 0 Å². The Hall–Kier alpha value is -4.06. The maximum Gasteiger partial charge on any atom is 0.336 e. The van der Waals surface area contributed by atoms with Crippen molar-refractivity contribution in [3.05, 3.63) is 88.8 Å². The molecule has 0 atom stereocenters. The highest BCUT2D eigenvalue weighted by Gasteiger charge is 2.13. The number of ketones is 1. The number of carbonyl (C=O) groups excluding carboxylic acids is 1. The Morgan fingerprint density at radius 2 is 1.65 bits per heavy atom. The zero-order valence-corrected chi connectivity index (χ0v) is 17.1. The number of benzene rings is 3. The second-order valence-corrected chi connectivity index (χ2v) is 6.78. The second-order valence-electron chi connectivity index (χ2n) is 6.78. The van der Waals surface area contributed by atoms with Crippen molar-refractivity contribution in [3.63, 3.8) is 0 Å². The van der Waals surface area contributed by atoms with Gasteiger partial charge in [0.1, 0.15) is 11.3 Å². The Morgan fingerprint density at radius 1 is 0.871 bits per heavy atom. The molecule has 0 N–H and O–H groups in total. The topological polar surface area (TPSA) is 75.0 Å². The third kappa shape index (κ3) is 4.28. The van der Waals surface area contributed by atoms with E-state index in [4.69, 9.17) is 18.6 Å². The molecule has 6 heteroatoms. The molecule has 0 radical (unpaired) electrons. The van der Waals surface area contributed by atoms with Gasteiger partial charge in [-0.3, -0.25) is 4.79 Å². The number of hydrogen-bond acceptors (Lipinski definition) is 6. The highest BCUT2D eigenvalue weighted by Crippen LogP contribution is 2.30. The normalized spacial score (nSPS) is 10.6. The zero-order chi connectivity index (χ0) is 21.8. The molecule has 0 aliphatic carbocycles. The summed E-state index contributed by atoms with van der Waals surface area (Å²) >= 11 is 0. The second kappa shape index (κ2) is 8.75. The fourth-order valence-corrected chi connectivity index (χ4v) is 3.33. The third-order valence-electron chi connectivity index (χ3n) is 4.88. The third-order valence-corrected chi connectivity index (χ3v) is 4.88. The molecule has 0 bridgehead atoms. The summed E-state index contributed by atoms with van der Waals surface area (Å²) in [6.45, 7) is -0.177. The molecule has 156 valence electrons. The van der Waals surface area contributed by atoms with Gasteiger partial charge in [0.25, 0.3) is 0 Å². The summed E-state index contributed by atoms with van der Waals surface area (Å²) < 4.78 is 21.4. The van der Waals surface area contributed by atoms with Crippen LogP contribution in [0.15, 0.2) is 82.0 Å². The van der Waals surface area contributed by atoms with Gasteiger partial charge >= 0.3 is 5.63 Å². The van der Waals surface area contributed by atoms with Crippen molar-refractivity contribution in [1.29, 1.82) is 0 Å². The number of fused-ring (bicyclic) bond motifs is 1. The van der Waals surface area contributed by atoms with Crippen LogP contribution in [0.25, 0.3) is 22.1 Å². The standard InChI is InChI=1S/C25H20O6/c1-28-22-11-8-17(12-24(22)29-2)21(26)15-30-18-9-10-19-20(16-6-4-3-5-7-16)14-25(27)31-23(19)13-18/h3-14H,15H2,1-2H3. The average Bonchev–Trinajstić information content (AvgIpc) is 2.81. The smallest absolute Gasteiger partial charge is 0.336 e. The van der Waals surface area contributed by atoms with Crippen molar-refractivity contribution in [1.82, 2.24) is 0 Å². The average molecular weight is 416 g/mol. The summed E-state index contributed by atoms with van der Waals surface area (Å²) in [5, 5.41) is 0.782. The minimum absolute atomic E-state index is 0.177. The lowest BCUT2D eigenvalue weighted by atomic mass is 10.0. The molecule has 31 heavy (non-hydrogen) atoms. The van der Waals surface area contributed by atoms with Gasteiger partial charge in [0.05, 0.1) is 14.2 Å². The largest absolute Gasteiger partial charge is 0.493 e. The van der Waals surface area contributed by atoms with Gasteiger partial charge in [0.2, 0.25) is 0 Å². The minimum atomic E-state index is -0.454. The summed E-state index contributed by atoms with van der Waals surface area (Å²) in [5.41, 5.74) is 2.07. The highest BCUT2D eigenvalue weighted by molar-refractivity contribution is 5.98. The van der Waals surface area contributed by atoms with Crippen molar-refractivity contribution in [2.75, 3.05) is 20.8 Å². The summed E-state index contributed by atoms with van der Waals surface area (Å²) in [7, 11) is 3.04. The minimum Gasteiger partial charge on any atom is -0.493 e.